The number of hydrogen-bond donors (Lipinski definition) is 3. The van der Waals surface area contributed by atoms with Crippen molar-refractivity contribution < 1.29 is 24.2 Å². The van der Waals surface area contributed by atoms with Crippen molar-refractivity contribution in [3.8, 4) is 5.75 Å². The number of aliphatic carboxylic acids is 1. The minimum atomic E-state index is -0.877. The van der Waals surface area contributed by atoms with Gasteiger partial charge in [-0.25, -0.2) is 4.79 Å². The van der Waals surface area contributed by atoms with Crippen molar-refractivity contribution in [1.29, 1.82) is 0 Å². The van der Waals surface area contributed by atoms with Gasteiger partial charge in [-0.3, -0.25) is 9.59 Å². The van der Waals surface area contributed by atoms with E-state index >= 15 is 0 Å². The number of aryl methyl sites for hydroxylation is 1. The van der Waals surface area contributed by atoms with Crippen molar-refractivity contribution in [3.05, 3.63) is 65.2 Å². The van der Waals surface area contributed by atoms with Gasteiger partial charge in [0.05, 0.1) is 11.6 Å². The summed E-state index contributed by atoms with van der Waals surface area (Å²) in [7, 11) is 0. The summed E-state index contributed by atoms with van der Waals surface area (Å²) < 4.78 is 5.42. The second-order valence-corrected chi connectivity index (χ2v) is 8.50. The van der Waals surface area contributed by atoms with Crippen LogP contribution in [0.3, 0.4) is 0 Å². The van der Waals surface area contributed by atoms with Crippen LogP contribution < -0.4 is 15.8 Å². The molecule has 2 rings (SSSR count). The van der Waals surface area contributed by atoms with Gasteiger partial charge in [-0.05, 0) is 60.9 Å². The van der Waals surface area contributed by atoms with Crippen LogP contribution in [0.4, 0.5) is 0 Å². The third-order valence-electron chi connectivity index (χ3n) is 5.12. The molecule has 0 saturated carbocycles. The van der Waals surface area contributed by atoms with Crippen LogP contribution in [-0.2, 0) is 16.0 Å². The van der Waals surface area contributed by atoms with Crippen LogP contribution in [0.5, 0.6) is 5.75 Å². The SMILES string of the molecule is Cc1ccccc1C(=O)Oc1ccc(C[C@@H](N)C(=O)NC[C@H](CC(=O)O)CC(C)C)cc1. The summed E-state index contributed by atoms with van der Waals surface area (Å²) in [6.45, 7) is 6.17. The molecular formula is C25H32N2O5. The number of carbonyl (C=O) groups is 3. The van der Waals surface area contributed by atoms with Crippen LogP contribution in [0, 0.1) is 18.8 Å². The number of ether oxygens (including phenoxy) is 1. The predicted molar refractivity (Wildman–Crippen MR) is 122 cm³/mol. The molecule has 0 heterocycles. The van der Waals surface area contributed by atoms with Crippen molar-refractivity contribution >= 4 is 17.8 Å². The first-order chi connectivity index (χ1) is 15.2. The third-order valence-corrected chi connectivity index (χ3v) is 5.12. The molecular weight excluding hydrogens is 408 g/mol. The fourth-order valence-electron chi connectivity index (χ4n) is 3.53. The molecule has 7 nitrogen and oxygen atoms in total. The molecule has 0 radical (unpaired) electrons. The first kappa shape index (κ1) is 25.1. The molecule has 0 aliphatic carbocycles. The van der Waals surface area contributed by atoms with Gasteiger partial charge in [0.2, 0.25) is 5.91 Å². The van der Waals surface area contributed by atoms with Crippen molar-refractivity contribution in [1.82, 2.24) is 5.32 Å². The van der Waals surface area contributed by atoms with E-state index < -0.39 is 18.0 Å². The molecule has 0 aliphatic rings. The van der Waals surface area contributed by atoms with Crippen LogP contribution in [-0.4, -0.2) is 35.5 Å². The molecule has 0 saturated heterocycles. The Labute approximate surface area is 189 Å². The summed E-state index contributed by atoms with van der Waals surface area (Å²) in [6.07, 6.45) is 1.03. The van der Waals surface area contributed by atoms with Gasteiger partial charge in [-0.1, -0.05) is 44.2 Å². The summed E-state index contributed by atoms with van der Waals surface area (Å²) in [5, 5.41) is 11.8. The molecule has 172 valence electrons. The molecule has 2 aromatic rings. The lowest BCUT2D eigenvalue weighted by Gasteiger charge is -2.19. The van der Waals surface area contributed by atoms with Crippen molar-refractivity contribution in [2.45, 2.75) is 46.1 Å². The van der Waals surface area contributed by atoms with Crippen LogP contribution >= 0.6 is 0 Å². The second kappa shape index (κ2) is 12.0. The monoisotopic (exact) mass is 440 g/mol. The van der Waals surface area contributed by atoms with Crippen LogP contribution in [0.2, 0.25) is 0 Å². The first-order valence-corrected chi connectivity index (χ1v) is 10.8. The molecule has 0 aliphatic heterocycles. The lowest BCUT2D eigenvalue weighted by Crippen LogP contribution is -2.44. The Bertz CT molecular complexity index is 924. The number of rotatable bonds is 11. The maximum Gasteiger partial charge on any atom is 0.343 e. The zero-order valence-corrected chi connectivity index (χ0v) is 18.8. The number of amides is 1. The van der Waals surface area contributed by atoms with Gasteiger partial charge in [0.1, 0.15) is 5.75 Å². The number of benzene rings is 2. The first-order valence-electron chi connectivity index (χ1n) is 10.8. The summed E-state index contributed by atoms with van der Waals surface area (Å²) in [5.41, 5.74) is 8.21. The Balaban J connectivity index is 1.88. The standard InChI is InChI=1S/C25H32N2O5/c1-16(2)12-19(14-23(28)29)15-27-24(30)22(26)13-18-8-10-20(11-9-18)32-25(31)21-7-5-4-6-17(21)3/h4-11,16,19,22H,12-15,26H2,1-3H3,(H,27,30)(H,28,29)/t19-,22+/m0/s1. The molecule has 32 heavy (non-hydrogen) atoms. The molecule has 0 unspecified atom stereocenters. The van der Waals surface area contributed by atoms with Crippen LogP contribution in [0.25, 0.3) is 0 Å². The lowest BCUT2D eigenvalue weighted by atomic mass is 9.94. The van der Waals surface area contributed by atoms with E-state index in [1.807, 2.05) is 32.9 Å². The topological polar surface area (TPSA) is 119 Å². The van der Waals surface area contributed by atoms with E-state index in [9.17, 15) is 14.4 Å². The average molecular weight is 441 g/mol. The zero-order valence-electron chi connectivity index (χ0n) is 18.8. The highest BCUT2D eigenvalue weighted by molar-refractivity contribution is 5.92. The fourth-order valence-corrected chi connectivity index (χ4v) is 3.53. The fraction of sp³-hybridized carbons (Fsp3) is 0.400. The molecule has 0 bridgehead atoms. The Kier molecular flexibility index (Phi) is 9.40. The Morgan fingerprint density at radius 2 is 1.72 bits per heavy atom. The number of carboxylic acid groups (broad SMARTS) is 1. The lowest BCUT2D eigenvalue weighted by molar-refractivity contribution is -0.138. The van der Waals surface area contributed by atoms with E-state index in [0.717, 1.165) is 11.1 Å². The number of carbonyl (C=O) groups excluding carboxylic acids is 2. The summed E-state index contributed by atoms with van der Waals surface area (Å²) >= 11 is 0. The summed E-state index contributed by atoms with van der Waals surface area (Å²) in [5.74, 6) is -1.01. The minimum Gasteiger partial charge on any atom is -0.481 e. The molecule has 1 amide bonds. The molecule has 4 N–H and O–H groups in total. The maximum absolute atomic E-state index is 12.4. The Hall–Kier alpha value is -3.19. The summed E-state index contributed by atoms with van der Waals surface area (Å²) in [4.78, 5) is 35.7. The molecule has 2 aromatic carbocycles. The molecule has 0 aromatic heterocycles. The van der Waals surface area contributed by atoms with E-state index in [4.69, 9.17) is 15.6 Å². The molecule has 0 spiro atoms. The predicted octanol–water partition coefficient (Wildman–Crippen LogP) is 3.34. The summed E-state index contributed by atoms with van der Waals surface area (Å²) in [6, 6.07) is 13.3. The van der Waals surface area contributed by atoms with E-state index in [2.05, 4.69) is 5.32 Å². The number of esters is 1. The van der Waals surface area contributed by atoms with Gasteiger partial charge in [0.25, 0.3) is 0 Å². The zero-order chi connectivity index (χ0) is 23.7. The van der Waals surface area contributed by atoms with E-state index in [0.29, 0.717) is 30.1 Å². The molecule has 0 fully saturated rings. The van der Waals surface area contributed by atoms with Crippen molar-refractivity contribution in [2.24, 2.45) is 17.6 Å². The Morgan fingerprint density at radius 1 is 1.06 bits per heavy atom. The van der Waals surface area contributed by atoms with Crippen molar-refractivity contribution in [2.75, 3.05) is 6.54 Å². The van der Waals surface area contributed by atoms with Gasteiger partial charge in [0, 0.05) is 13.0 Å². The highest BCUT2D eigenvalue weighted by atomic mass is 16.5. The largest absolute Gasteiger partial charge is 0.481 e. The maximum atomic E-state index is 12.4. The van der Waals surface area contributed by atoms with Crippen LogP contribution in [0.15, 0.2) is 48.5 Å². The third kappa shape index (κ3) is 8.15. The second-order valence-electron chi connectivity index (χ2n) is 8.50. The van der Waals surface area contributed by atoms with E-state index in [-0.39, 0.29) is 24.8 Å². The number of nitrogens with one attached hydrogen (secondary N) is 1. The number of carboxylic acids is 1. The van der Waals surface area contributed by atoms with Gasteiger partial charge in [0.15, 0.2) is 0 Å². The van der Waals surface area contributed by atoms with Gasteiger partial charge in [-0.15, -0.1) is 0 Å². The quantitative estimate of drug-likeness (QED) is 0.364. The van der Waals surface area contributed by atoms with Gasteiger partial charge < -0.3 is 20.9 Å². The smallest absolute Gasteiger partial charge is 0.343 e. The highest BCUT2D eigenvalue weighted by Crippen LogP contribution is 2.17. The minimum absolute atomic E-state index is 0.0103. The van der Waals surface area contributed by atoms with E-state index in [1.54, 1.807) is 36.4 Å². The highest BCUT2D eigenvalue weighted by Gasteiger charge is 2.19. The number of nitrogens with two attached hydrogens (primary N) is 1. The van der Waals surface area contributed by atoms with Crippen molar-refractivity contribution in [3.63, 3.8) is 0 Å². The molecule has 7 heteroatoms. The normalized spacial score (nSPS) is 12.8. The molecule has 2 atom stereocenters. The van der Waals surface area contributed by atoms with Gasteiger partial charge in [-0.2, -0.15) is 0 Å². The van der Waals surface area contributed by atoms with Gasteiger partial charge >= 0.3 is 11.9 Å². The average Bonchev–Trinajstić information content (AvgIpc) is 2.72. The number of hydrogen-bond acceptors (Lipinski definition) is 5. The van der Waals surface area contributed by atoms with Crippen LogP contribution in [0.1, 0.15) is 48.2 Å². The van der Waals surface area contributed by atoms with E-state index in [1.165, 1.54) is 0 Å². The Morgan fingerprint density at radius 3 is 2.31 bits per heavy atom.